The first kappa shape index (κ1) is 13.5. The van der Waals surface area contributed by atoms with E-state index in [1.165, 1.54) is 0 Å². The SMILES string of the molecule is CCC(C)(OC)C(=O)NCC1CCC(O)C1. The minimum Gasteiger partial charge on any atom is -0.393 e. The molecule has 0 radical (unpaired) electrons. The second-order valence-corrected chi connectivity index (χ2v) is 4.83. The molecule has 0 heterocycles. The van der Waals surface area contributed by atoms with Gasteiger partial charge in [-0.15, -0.1) is 0 Å². The van der Waals surface area contributed by atoms with E-state index >= 15 is 0 Å². The normalized spacial score (nSPS) is 28.8. The van der Waals surface area contributed by atoms with Gasteiger partial charge in [0.15, 0.2) is 0 Å². The smallest absolute Gasteiger partial charge is 0.251 e. The fraction of sp³-hybridized carbons (Fsp3) is 0.917. The molecule has 1 fully saturated rings. The minimum atomic E-state index is -0.725. The van der Waals surface area contributed by atoms with Gasteiger partial charge in [0.2, 0.25) is 0 Å². The molecule has 4 nitrogen and oxygen atoms in total. The van der Waals surface area contributed by atoms with Gasteiger partial charge in [-0.25, -0.2) is 0 Å². The highest BCUT2D eigenvalue weighted by atomic mass is 16.5. The zero-order valence-electron chi connectivity index (χ0n) is 10.5. The second-order valence-electron chi connectivity index (χ2n) is 4.83. The third-order valence-corrected chi connectivity index (χ3v) is 3.67. The van der Waals surface area contributed by atoms with E-state index < -0.39 is 5.60 Å². The van der Waals surface area contributed by atoms with Crippen LogP contribution in [0.3, 0.4) is 0 Å². The maximum atomic E-state index is 11.9. The van der Waals surface area contributed by atoms with Crippen molar-refractivity contribution in [3.63, 3.8) is 0 Å². The maximum Gasteiger partial charge on any atom is 0.251 e. The van der Waals surface area contributed by atoms with Gasteiger partial charge in [-0.05, 0) is 38.5 Å². The summed E-state index contributed by atoms with van der Waals surface area (Å²) in [6, 6.07) is 0. The number of amides is 1. The quantitative estimate of drug-likeness (QED) is 0.741. The van der Waals surface area contributed by atoms with Crippen molar-refractivity contribution in [1.29, 1.82) is 0 Å². The minimum absolute atomic E-state index is 0.0566. The summed E-state index contributed by atoms with van der Waals surface area (Å²) in [6.45, 7) is 4.38. The molecule has 1 rings (SSSR count). The molecule has 4 heteroatoms. The highest BCUT2D eigenvalue weighted by molar-refractivity contribution is 5.84. The molecule has 0 spiro atoms. The Balaban J connectivity index is 2.34. The largest absolute Gasteiger partial charge is 0.393 e. The third kappa shape index (κ3) is 3.19. The number of methoxy groups -OCH3 is 1. The van der Waals surface area contributed by atoms with Crippen molar-refractivity contribution in [3.05, 3.63) is 0 Å². The summed E-state index contributed by atoms with van der Waals surface area (Å²) in [5, 5.41) is 12.3. The zero-order chi connectivity index (χ0) is 12.2. The van der Waals surface area contributed by atoms with Gasteiger partial charge >= 0.3 is 0 Å². The summed E-state index contributed by atoms with van der Waals surface area (Å²) in [5.41, 5.74) is -0.725. The number of aliphatic hydroxyl groups is 1. The van der Waals surface area contributed by atoms with Gasteiger partial charge in [0.05, 0.1) is 6.10 Å². The van der Waals surface area contributed by atoms with Crippen LogP contribution in [0.2, 0.25) is 0 Å². The molecule has 1 amide bonds. The van der Waals surface area contributed by atoms with Gasteiger partial charge in [0.25, 0.3) is 5.91 Å². The van der Waals surface area contributed by atoms with Crippen LogP contribution in [0.15, 0.2) is 0 Å². The Hall–Kier alpha value is -0.610. The number of nitrogens with one attached hydrogen (secondary N) is 1. The predicted octanol–water partition coefficient (Wildman–Crippen LogP) is 1.08. The lowest BCUT2D eigenvalue weighted by atomic mass is 10.0. The third-order valence-electron chi connectivity index (χ3n) is 3.67. The Bertz CT molecular complexity index is 238. The monoisotopic (exact) mass is 229 g/mol. The average Bonchev–Trinajstić information content (AvgIpc) is 2.70. The molecule has 0 aromatic rings. The van der Waals surface area contributed by atoms with Crippen molar-refractivity contribution >= 4 is 5.91 Å². The fourth-order valence-electron chi connectivity index (χ4n) is 2.06. The van der Waals surface area contributed by atoms with Gasteiger partial charge in [-0.3, -0.25) is 4.79 Å². The molecule has 0 aromatic carbocycles. The van der Waals surface area contributed by atoms with Crippen LogP contribution in [0, 0.1) is 5.92 Å². The van der Waals surface area contributed by atoms with Crippen molar-refractivity contribution in [3.8, 4) is 0 Å². The van der Waals surface area contributed by atoms with E-state index in [4.69, 9.17) is 4.74 Å². The highest BCUT2D eigenvalue weighted by Crippen LogP contribution is 2.24. The maximum absolute atomic E-state index is 11.9. The first-order valence-electron chi connectivity index (χ1n) is 6.03. The predicted molar refractivity (Wildman–Crippen MR) is 62.1 cm³/mol. The fourth-order valence-corrected chi connectivity index (χ4v) is 2.06. The summed E-state index contributed by atoms with van der Waals surface area (Å²) in [7, 11) is 1.56. The van der Waals surface area contributed by atoms with E-state index in [1.54, 1.807) is 14.0 Å². The van der Waals surface area contributed by atoms with Crippen molar-refractivity contribution in [2.75, 3.05) is 13.7 Å². The molecule has 3 atom stereocenters. The molecule has 0 bridgehead atoms. The van der Waals surface area contributed by atoms with E-state index in [0.29, 0.717) is 18.9 Å². The topological polar surface area (TPSA) is 58.6 Å². The summed E-state index contributed by atoms with van der Waals surface area (Å²) in [5.74, 6) is 0.357. The Morgan fingerprint density at radius 3 is 2.69 bits per heavy atom. The molecule has 0 aromatic heterocycles. The second kappa shape index (κ2) is 5.64. The summed E-state index contributed by atoms with van der Waals surface area (Å²) < 4.78 is 5.22. The highest BCUT2D eigenvalue weighted by Gasteiger charge is 2.32. The van der Waals surface area contributed by atoms with Crippen molar-refractivity contribution in [1.82, 2.24) is 5.32 Å². The number of ether oxygens (including phenoxy) is 1. The lowest BCUT2D eigenvalue weighted by Crippen LogP contribution is -2.46. The van der Waals surface area contributed by atoms with Crippen LogP contribution in [-0.4, -0.2) is 36.4 Å². The number of aliphatic hydroxyl groups excluding tert-OH is 1. The summed E-state index contributed by atoms with van der Waals surface area (Å²) >= 11 is 0. The van der Waals surface area contributed by atoms with Crippen LogP contribution in [-0.2, 0) is 9.53 Å². The molecule has 16 heavy (non-hydrogen) atoms. The standard InChI is InChI=1S/C12H23NO3/c1-4-12(2,16-3)11(15)13-8-9-5-6-10(14)7-9/h9-10,14H,4-8H2,1-3H3,(H,13,15). The first-order valence-corrected chi connectivity index (χ1v) is 6.03. The Kier molecular flexibility index (Phi) is 4.74. The molecule has 3 unspecified atom stereocenters. The molecule has 0 aliphatic heterocycles. The van der Waals surface area contributed by atoms with Gasteiger partial charge in [0.1, 0.15) is 5.60 Å². The molecule has 1 aliphatic carbocycles. The summed E-state index contributed by atoms with van der Waals surface area (Å²) in [4.78, 5) is 11.9. The van der Waals surface area contributed by atoms with Crippen LogP contribution in [0.25, 0.3) is 0 Å². The van der Waals surface area contributed by atoms with E-state index in [-0.39, 0.29) is 12.0 Å². The zero-order valence-corrected chi connectivity index (χ0v) is 10.5. The molecular weight excluding hydrogens is 206 g/mol. The molecular formula is C12H23NO3. The molecule has 0 saturated heterocycles. The van der Waals surface area contributed by atoms with Gasteiger partial charge < -0.3 is 15.2 Å². The van der Waals surface area contributed by atoms with Crippen LogP contribution in [0.1, 0.15) is 39.5 Å². The number of hydrogen-bond acceptors (Lipinski definition) is 3. The number of carbonyl (C=O) groups excluding carboxylic acids is 1. The Morgan fingerprint density at radius 2 is 2.25 bits per heavy atom. The van der Waals surface area contributed by atoms with Crippen LogP contribution in [0.4, 0.5) is 0 Å². The van der Waals surface area contributed by atoms with Crippen LogP contribution < -0.4 is 5.32 Å². The number of carbonyl (C=O) groups is 1. The van der Waals surface area contributed by atoms with Crippen LogP contribution >= 0.6 is 0 Å². The molecule has 94 valence electrons. The van der Waals surface area contributed by atoms with Crippen LogP contribution in [0.5, 0.6) is 0 Å². The number of hydrogen-bond donors (Lipinski definition) is 2. The Morgan fingerprint density at radius 1 is 1.56 bits per heavy atom. The lowest BCUT2D eigenvalue weighted by molar-refractivity contribution is -0.142. The average molecular weight is 229 g/mol. The van der Waals surface area contributed by atoms with Crippen molar-refractivity contribution < 1.29 is 14.6 Å². The first-order chi connectivity index (χ1) is 7.51. The van der Waals surface area contributed by atoms with Gasteiger partial charge in [-0.2, -0.15) is 0 Å². The molecule has 1 aliphatic rings. The van der Waals surface area contributed by atoms with E-state index in [0.717, 1.165) is 19.3 Å². The lowest BCUT2D eigenvalue weighted by Gasteiger charge is -2.26. The van der Waals surface area contributed by atoms with E-state index in [9.17, 15) is 9.90 Å². The summed E-state index contributed by atoms with van der Waals surface area (Å²) in [6.07, 6.45) is 3.13. The molecule has 1 saturated carbocycles. The van der Waals surface area contributed by atoms with Crippen molar-refractivity contribution in [2.24, 2.45) is 5.92 Å². The van der Waals surface area contributed by atoms with E-state index in [1.807, 2.05) is 6.92 Å². The Labute approximate surface area is 97.4 Å². The van der Waals surface area contributed by atoms with Gasteiger partial charge in [-0.1, -0.05) is 6.92 Å². The van der Waals surface area contributed by atoms with Gasteiger partial charge in [0, 0.05) is 13.7 Å². The van der Waals surface area contributed by atoms with E-state index in [2.05, 4.69) is 5.32 Å². The molecule has 2 N–H and O–H groups in total. The van der Waals surface area contributed by atoms with Crippen molar-refractivity contribution in [2.45, 2.75) is 51.2 Å². The number of rotatable bonds is 5.